The highest BCUT2D eigenvalue weighted by molar-refractivity contribution is 5.94. The molecule has 8 nitrogen and oxygen atoms in total. The van der Waals surface area contributed by atoms with Gasteiger partial charge in [-0.25, -0.2) is 0 Å². The minimum absolute atomic E-state index is 0.0325. The van der Waals surface area contributed by atoms with E-state index in [4.69, 9.17) is 9.26 Å². The number of fused-ring (bicyclic) bond motifs is 1. The molecule has 0 unspecified atom stereocenters. The Labute approximate surface area is 167 Å². The highest BCUT2D eigenvalue weighted by Gasteiger charge is 2.36. The van der Waals surface area contributed by atoms with Crippen LogP contribution in [0.1, 0.15) is 30.2 Å². The van der Waals surface area contributed by atoms with Crippen molar-refractivity contribution in [2.24, 2.45) is 0 Å². The normalized spacial score (nSPS) is 15.1. The van der Waals surface area contributed by atoms with E-state index in [1.165, 1.54) is 6.92 Å². The van der Waals surface area contributed by atoms with Crippen LogP contribution in [0.4, 0.5) is 11.4 Å². The van der Waals surface area contributed by atoms with Gasteiger partial charge in [-0.15, -0.1) is 0 Å². The number of amides is 2. The highest BCUT2D eigenvalue weighted by Crippen LogP contribution is 2.39. The minimum atomic E-state index is -0.365. The molecule has 2 amide bonds. The van der Waals surface area contributed by atoms with Crippen molar-refractivity contribution in [2.75, 3.05) is 17.3 Å². The predicted molar refractivity (Wildman–Crippen MR) is 106 cm³/mol. The summed E-state index contributed by atoms with van der Waals surface area (Å²) in [7, 11) is 1.58. The van der Waals surface area contributed by atoms with Crippen molar-refractivity contribution in [3.8, 4) is 5.75 Å². The fraction of sp³-hybridized carbons (Fsp3) is 0.238. The number of hydrogen-bond donors (Lipinski definition) is 1. The maximum atomic E-state index is 12.3. The SMILES string of the molecule is COc1ccc(NC(=O)Cc2noc([C@@H]3Cc4ccccc4N3C(C)=O)n2)cc1. The highest BCUT2D eigenvalue weighted by atomic mass is 16.5. The van der Waals surface area contributed by atoms with Crippen molar-refractivity contribution in [3.63, 3.8) is 0 Å². The predicted octanol–water partition coefficient (Wildman–Crippen LogP) is 2.91. The summed E-state index contributed by atoms with van der Waals surface area (Å²) in [6, 6.07) is 14.4. The Morgan fingerprint density at radius 2 is 1.97 bits per heavy atom. The first kappa shape index (κ1) is 18.7. The average Bonchev–Trinajstić information content (AvgIpc) is 3.32. The average molecular weight is 392 g/mol. The first-order valence-electron chi connectivity index (χ1n) is 9.19. The van der Waals surface area contributed by atoms with E-state index in [1.54, 1.807) is 36.3 Å². The number of carbonyl (C=O) groups is 2. The zero-order valence-corrected chi connectivity index (χ0v) is 16.1. The largest absolute Gasteiger partial charge is 0.497 e. The fourth-order valence-electron chi connectivity index (χ4n) is 3.47. The van der Waals surface area contributed by atoms with Gasteiger partial charge in [-0.05, 0) is 35.9 Å². The Morgan fingerprint density at radius 1 is 1.21 bits per heavy atom. The van der Waals surface area contributed by atoms with E-state index in [0.29, 0.717) is 23.7 Å². The lowest BCUT2D eigenvalue weighted by atomic mass is 10.1. The molecular formula is C21H20N4O4. The van der Waals surface area contributed by atoms with Crippen LogP contribution in [-0.4, -0.2) is 29.1 Å². The maximum absolute atomic E-state index is 12.3. The van der Waals surface area contributed by atoms with Gasteiger partial charge in [-0.1, -0.05) is 23.4 Å². The molecule has 1 atom stereocenters. The zero-order chi connectivity index (χ0) is 20.4. The Balaban J connectivity index is 1.45. The van der Waals surface area contributed by atoms with E-state index in [0.717, 1.165) is 11.3 Å². The van der Waals surface area contributed by atoms with Gasteiger partial charge < -0.3 is 14.6 Å². The summed E-state index contributed by atoms with van der Waals surface area (Å²) in [5.41, 5.74) is 2.54. The zero-order valence-electron chi connectivity index (χ0n) is 16.1. The quantitative estimate of drug-likeness (QED) is 0.717. The number of aromatic nitrogens is 2. The number of rotatable bonds is 5. The molecule has 2 heterocycles. The molecule has 0 radical (unpaired) electrons. The Kier molecular flexibility index (Phi) is 4.99. The van der Waals surface area contributed by atoms with Gasteiger partial charge >= 0.3 is 0 Å². The summed E-state index contributed by atoms with van der Waals surface area (Å²) < 4.78 is 10.5. The number of para-hydroxylation sites is 1. The lowest BCUT2D eigenvalue weighted by Crippen LogP contribution is -2.30. The van der Waals surface area contributed by atoms with Crippen LogP contribution in [0.15, 0.2) is 53.1 Å². The molecule has 0 saturated carbocycles. The second kappa shape index (κ2) is 7.75. The Morgan fingerprint density at radius 3 is 2.69 bits per heavy atom. The summed E-state index contributed by atoms with van der Waals surface area (Å²) in [5, 5.41) is 6.70. The molecule has 2 aromatic carbocycles. The van der Waals surface area contributed by atoms with Crippen LogP contribution in [0.5, 0.6) is 5.75 Å². The lowest BCUT2D eigenvalue weighted by molar-refractivity contribution is -0.117. The van der Waals surface area contributed by atoms with Crippen molar-refractivity contribution in [3.05, 3.63) is 65.8 Å². The van der Waals surface area contributed by atoms with Gasteiger partial charge in [0.25, 0.3) is 0 Å². The molecule has 0 saturated heterocycles. The minimum Gasteiger partial charge on any atom is -0.497 e. The second-order valence-corrected chi connectivity index (χ2v) is 6.74. The van der Waals surface area contributed by atoms with E-state index in [9.17, 15) is 9.59 Å². The van der Waals surface area contributed by atoms with Gasteiger partial charge in [0, 0.05) is 24.7 Å². The summed E-state index contributed by atoms with van der Waals surface area (Å²) in [4.78, 5) is 30.5. The number of ether oxygens (including phenoxy) is 1. The number of hydrogen-bond acceptors (Lipinski definition) is 6. The topological polar surface area (TPSA) is 97.6 Å². The number of carbonyl (C=O) groups excluding carboxylic acids is 2. The Bertz CT molecular complexity index is 1040. The van der Waals surface area contributed by atoms with Gasteiger partial charge in [0.1, 0.15) is 11.8 Å². The first-order chi connectivity index (χ1) is 14.0. The van der Waals surface area contributed by atoms with Crippen LogP contribution >= 0.6 is 0 Å². The van der Waals surface area contributed by atoms with Gasteiger partial charge in [-0.3, -0.25) is 14.5 Å². The summed E-state index contributed by atoms with van der Waals surface area (Å²) >= 11 is 0. The molecule has 29 heavy (non-hydrogen) atoms. The molecule has 0 bridgehead atoms. The van der Waals surface area contributed by atoms with E-state index in [2.05, 4.69) is 15.5 Å². The first-order valence-corrected chi connectivity index (χ1v) is 9.19. The third kappa shape index (κ3) is 3.82. The van der Waals surface area contributed by atoms with Crippen molar-refractivity contribution < 1.29 is 18.8 Å². The number of nitrogens with one attached hydrogen (secondary N) is 1. The van der Waals surface area contributed by atoms with Crippen molar-refractivity contribution >= 4 is 23.2 Å². The van der Waals surface area contributed by atoms with Crippen molar-refractivity contribution in [1.29, 1.82) is 0 Å². The molecule has 3 aromatic rings. The molecule has 1 N–H and O–H groups in total. The lowest BCUT2D eigenvalue weighted by Gasteiger charge is -2.21. The summed E-state index contributed by atoms with van der Waals surface area (Å²) in [6.45, 7) is 1.51. The fourth-order valence-corrected chi connectivity index (χ4v) is 3.47. The molecule has 1 aromatic heterocycles. The van der Waals surface area contributed by atoms with Gasteiger partial charge in [0.05, 0.1) is 13.5 Å². The molecular weight excluding hydrogens is 372 g/mol. The van der Waals surface area contributed by atoms with Gasteiger partial charge in [0.2, 0.25) is 17.7 Å². The third-order valence-electron chi connectivity index (χ3n) is 4.78. The van der Waals surface area contributed by atoms with Crippen LogP contribution in [0, 0.1) is 0 Å². The van der Waals surface area contributed by atoms with Crippen LogP contribution in [0.2, 0.25) is 0 Å². The number of benzene rings is 2. The molecule has 148 valence electrons. The molecule has 0 aliphatic carbocycles. The van der Waals surface area contributed by atoms with Crippen LogP contribution in [-0.2, 0) is 22.4 Å². The van der Waals surface area contributed by atoms with E-state index >= 15 is 0 Å². The van der Waals surface area contributed by atoms with Crippen LogP contribution in [0.25, 0.3) is 0 Å². The maximum Gasteiger partial charge on any atom is 0.250 e. The Hall–Kier alpha value is -3.68. The molecule has 8 heteroatoms. The summed E-state index contributed by atoms with van der Waals surface area (Å²) in [6.07, 6.45) is 0.560. The number of nitrogens with zero attached hydrogens (tertiary/aromatic N) is 3. The molecule has 0 spiro atoms. The number of anilines is 2. The van der Waals surface area contributed by atoms with E-state index in [1.807, 2.05) is 24.3 Å². The van der Waals surface area contributed by atoms with Crippen LogP contribution < -0.4 is 15.0 Å². The standard InChI is InChI=1S/C21H20N4O4/c1-13(26)25-17-6-4-3-5-14(17)11-18(25)21-23-19(24-29-21)12-20(27)22-15-7-9-16(28-2)10-8-15/h3-10,18H,11-12H2,1-2H3,(H,22,27)/t18-/m0/s1. The van der Waals surface area contributed by atoms with Crippen molar-refractivity contribution in [1.82, 2.24) is 10.1 Å². The van der Waals surface area contributed by atoms with E-state index in [-0.39, 0.29) is 30.1 Å². The van der Waals surface area contributed by atoms with Gasteiger partial charge in [-0.2, -0.15) is 4.98 Å². The van der Waals surface area contributed by atoms with Gasteiger partial charge in [0.15, 0.2) is 5.82 Å². The van der Waals surface area contributed by atoms with E-state index < -0.39 is 0 Å². The molecule has 4 rings (SSSR count). The third-order valence-corrected chi connectivity index (χ3v) is 4.78. The smallest absolute Gasteiger partial charge is 0.250 e. The second-order valence-electron chi connectivity index (χ2n) is 6.74. The molecule has 1 aliphatic heterocycles. The molecule has 1 aliphatic rings. The monoisotopic (exact) mass is 392 g/mol. The van der Waals surface area contributed by atoms with Crippen molar-refractivity contribution in [2.45, 2.75) is 25.8 Å². The summed E-state index contributed by atoms with van der Waals surface area (Å²) in [5.74, 6) is 0.935. The van der Waals surface area contributed by atoms with Crippen LogP contribution in [0.3, 0.4) is 0 Å². The molecule has 0 fully saturated rings. The number of methoxy groups -OCH3 is 1.